The number of hydrogen-bond donors (Lipinski definition) is 2. The van der Waals surface area contributed by atoms with Crippen LogP contribution < -0.4 is 0 Å². The minimum absolute atomic E-state index is 0.0671. The number of halogens is 2. The van der Waals surface area contributed by atoms with E-state index in [4.69, 9.17) is 0 Å². The predicted octanol–water partition coefficient (Wildman–Crippen LogP) is 5.09. The molecule has 5 heteroatoms. The molecule has 0 saturated heterocycles. The van der Waals surface area contributed by atoms with Crippen LogP contribution >= 0.6 is 31.9 Å². The van der Waals surface area contributed by atoms with Crippen molar-refractivity contribution in [2.45, 2.75) is 63.9 Å². The quantitative estimate of drug-likeness (QED) is 0.599. The average molecular weight is 472 g/mol. The standard InChI is InChI=1S/C20H24Br2O3/c1-10(23)20(25)8-6-15-12-3-4-13-14(9-16(21)18(24)17(13)22)11(12)5-7-19(15,20)2/h9,11-12,15,24-25H,3-8H2,1-2H3. The molecule has 0 aliphatic heterocycles. The molecule has 0 bridgehead atoms. The lowest BCUT2D eigenvalue weighted by atomic mass is 9.53. The Bertz CT molecular complexity index is 762. The van der Waals surface area contributed by atoms with Crippen molar-refractivity contribution < 1.29 is 15.0 Å². The van der Waals surface area contributed by atoms with E-state index in [1.54, 1.807) is 6.92 Å². The fraction of sp³-hybridized carbons (Fsp3) is 0.650. The molecule has 25 heavy (non-hydrogen) atoms. The SMILES string of the molecule is CC(=O)C1(O)CCC2C3CCc4c(cc(Br)c(O)c4Br)C3CCC21C. The number of carbonyl (C=O) groups is 1. The van der Waals surface area contributed by atoms with Gasteiger partial charge in [0.05, 0.1) is 8.95 Å². The maximum atomic E-state index is 12.2. The fourth-order valence-corrected chi connectivity index (χ4v) is 7.58. The first-order valence-corrected chi connectivity index (χ1v) is 10.7. The molecule has 0 amide bonds. The first-order chi connectivity index (χ1) is 11.7. The van der Waals surface area contributed by atoms with Crippen LogP contribution in [0.5, 0.6) is 5.75 Å². The van der Waals surface area contributed by atoms with Crippen LogP contribution in [0.15, 0.2) is 15.0 Å². The van der Waals surface area contributed by atoms with Gasteiger partial charge in [-0.1, -0.05) is 6.92 Å². The normalized spacial score (nSPS) is 39.5. The van der Waals surface area contributed by atoms with Crippen molar-refractivity contribution in [1.29, 1.82) is 0 Å². The van der Waals surface area contributed by atoms with Crippen LogP contribution in [0, 0.1) is 17.3 Å². The molecule has 5 atom stereocenters. The van der Waals surface area contributed by atoms with Gasteiger partial charge in [0.2, 0.25) is 0 Å². The molecular weight excluding hydrogens is 448 g/mol. The number of ketones is 1. The lowest BCUT2D eigenvalue weighted by Crippen LogP contribution is -2.54. The zero-order valence-corrected chi connectivity index (χ0v) is 17.8. The third-order valence-electron chi connectivity index (χ3n) is 7.63. The molecule has 2 N–H and O–H groups in total. The second-order valence-electron chi connectivity index (χ2n) is 8.42. The van der Waals surface area contributed by atoms with E-state index in [2.05, 4.69) is 44.8 Å². The Morgan fingerprint density at radius 3 is 2.64 bits per heavy atom. The molecule has 2 fully saturated rings. The molecular formula is C20H24Br2O3. The van der Waals surface area contributed by atoms with Gasteiger partial charge < -0.3 is 10.2 Å². The Labute approximate surface area is 165 Å². The summed E-state index contributed by atoms with van der Waals surface area (Å²) in [5.41, 5.74) is 1.10. The van der Waals surface area contributed by atoms with Crippen molar-refractivity contribution in [1.82, 2.24) is 0 Å². The van der Waals surface area contributed by atoms with Crippen LogP contribution in [-0.2, 0) is 11.2 Å². The maximum Gasteiger partial charge on any atom is 0.161 e. The van der Waals surface area contributed by atoms with Gasteiger partial charge >= 0.3 is 0 Å². The van der Waals surface area contributed by atoms with Crippen molar-refractivity contribution in [2.24, 2.45) is 17.3 Å². The molecule has 0 aromatic heterocycles. The van der Waals surface area contributed by atoms with Crippen molar-refractivity contribution in [2.75, 3.05) is 0 Å². The van der Waals surface area contributed by atoms with Crippen molar-refractivity contribution in [3.05, 3.63) is 26.1 Å². The number of Topliss-reactive ketones (excluding diaryl/α,β-unsaturated/α-hetero) is 1. The van der Waals surface area contributed by atoms with Crippen LogP contribution in [0.2, 0.25) is 0 Å². The van der Waals surface area contributed by atoms with E-state index in [-0.39, 0.29) is 16.9 Å². The second-order valence-corrected chi connectivity index (χ2v) is 10.1. The molecule has 0 heterocycles. The monoisotopic (exact) mass is 470 g/mol. The van der Waals surface area contributed by atoms with E-state index in [1.165, 1.54) is 11.1 Å². The first kappa shape index (κ1) is 18.0. The molecule has 3 aliphatic carbocycles. The largest absolute Gasteiger partial charge is 0.506 e. The van der Waals surface area contributed by atoms with Crippen LogP contribution in [0.4, 0.5) is 0 Å². The number of rotatable bonds is 1. The molecule has 0 spiro atoms. The minimum atomic E-state index is -1.15. The van der Waals surface area contributed by atoms with Gasteiger partial charge in [0.1, 0.15) is 11.4 Å². The number of benzene rings is 1. The fourth-order valence-electron chi connectivity index (χ4n) is 6.23. The zero-order valence-electron chi connectivity index (χ0n) is 14.6. The van der Waals surface area contributed by atoms with Crippen molar-refractivity contribution in [3.8, 4) is 5.75 Å². The van der Waals surface area contributed by atoms with E-state index >= 15 is 0 Å². The molecule has 0 radical (unpaired) electrons. The van der Waals surface area contributed by atoms with Gasteiger partial charge in [-0.05, 0) is 112 Å². The minimum Gasteiger partial charge on any atom is -0.506 e. The van der Waals surface area contributed by atoms with E-state index in [1.807, 2.05) is 0 Å². The number of fused-ring (bicyclic) bond motifs is 5. The Hall–Kier alpha value is -0.390. The Morgan fingerprint density at radius 1 is 1.24 bits per heavy atom. The summed E-state index contributed by atoms with van der Waals surface area (Å²) >= 11 is 7.05. The number of hydrogen-bond acceptors (Lipinski definition) is 3. The van der Waals surface area contributed by atoms with Gasteiger partial charge in [-0.25, -0.2) is 0 Å². The molecule has 1 aromatic carbocycles. The smallest absolute Gasteiger partial charge is 0.161 e. The topological polar surface area (TPSA) is 57.5 Å². The van der Waals surface area contributed by atoms with Gasteiger partial charge in [-0.2, -0.15) is 0 Å². The summed E-state index contributed by atoms with van der Waals surface area (Å²) < 4.78 is 1.55. The van der Waals surface area contributed by atoms with E-state index in [9.17, 15) is 15.0 Å². The number of phenols is 1. The van der Waals surface area contributed by atoms with Crippen LogP contribution in [0.3, 0.4) is 0 Å². The maximum absolute atomic E-state index is 12.2. The number of aliphatic hydroxyl groups is 1. The van der Waals surface area contributed by atoms with Crippen LogP contribution in [0.25, 0.3) is 0 Å². The van der Waals surface area contributed by atoms with E-state index < -0.39 is 5.60 Å². The first-order valence-electron chi connectivity index (χ1n) is 9.14. The summed E-state index contributed by atoms with van der Waals surface area (Å²) in [6.45, 7) is 3.69. The molecule has 2 saturated carbocycles. The summed E-state index contributed by atoms with van der Waals surface area (Å²) in [7, 11) is 0. The summed E-state index contributed by atoms with van der Waals surface area (Å²) in [5.74, 6) is 1.55. The molecule has 4 rings (SSSR count). The van der Waals surface area contributed by atoms with Crippen LogP contribution in [0.1, 0.15) is 63.0 Å². The zero-order chi connectivity index (χ0) is 18.1. The van der Waals surface area contributed by atoms with Crippen molar-refractivity contribution in [3.63, 3.8) is 0 Å². The van der Waals surface area contributed by atoms with Gasteiger partial charge in [0.15, 0.2) is 5.78 Å². The van der Waals surface area contributed by atoms with E-state index in [0.29, 0.717) is 24.2 Å². The third kappa shape index (κ3) is 2.28. The van der Waals surface area contributed by atoms with Gasteiger partial charge in [0, 0.05) is 5.41 Å². The number of carbonyl (C=O) groups excluding carboxylic acids is 1. The number of phenolic OH excluding ortho intramolecular Hbond substituents is 1. The highest BCUT2D eigenvalue weighted by atomic mass is 79.9. The molecule has 136 valence electrons. The highest BCUT2D eigenvalue weighted by molar-refractivity contribution is 9.11. The Kier molecular flexibility index (Phi) is 4.18. The molecule has 1 aromatic rings. The Balaban J connectivity index is 1.75. The van der Waals surface area contributed by atoms with Crippen molar-refractivity contribution >= 4 is 37.6 Å². The predicted molar refractivity (Wildman–Crippen MR) is 104 cm³/mol. The van der Waals surface area contributed by atoms with Gasteiger partial charge in [0.25, 0.3) is 0 Å². The van der Waals surface area contributed by atoms with E-state index in [0.717, 1.165) is 41.0 Å². The highest BCUT2D eigenvalue weighted by Crippen LogP contribution is 2.65. The number of aromatic hydroxyl groups is 1. The summed E-state index contributed by atoms with van der Waals surface area (Å²) in [6, 6.07) is 2.08. The third-order valence-corrected chi connectivity index (χ3v) is 9.09. The van der Waals surface area contributed by atoms with Crippen LogP contribution in [-0.4, -0.2) is 21.6 Å². The summed E-state index contributed by atoms with van der Waals surface area (Å²) in [5, 5.41) is 21.4. The highest BCUT2D eigenvalue weighted by Gasteiger charge is 2.63. The summed E-state index contributed by atoms with van der Waals surface area (Å²) in [4.78, 5) is 12.2. The molecule has 5 unspecified atom stereocenters. The van der Waals surface area contributed by atoms with Gasteiger partial charge in [-0.3, -0.25) is 4.79 Å². The lowest BCUT2D eigenvalue weighted by molar-refractivity contribution is -0.154. The van der Waals surface area contributed by atoms with Gasteiger partial charge in [-0.15, -0.1) is 0 Å². The molecule has 3 aliphatic rings. The lowest BCUT2D eigenvalue weighted by Gasteiger charge is -2.52. The average Bonchev–Trinajstić information content (AvgIpc) is 2.85. The molecule has 3 nitrogen and oxygen atoms in total. The summed E-state index contributed by atoms with van der Waals surface area (Å²) in [6.07, 6.45) is 5.40. The second kappa shape index (κ2) is 5.80. The Morgan fingerprint density at radius 2 is 1.96 bits per heavy atom.